The van der Waals surface area contributed by atoms with Crippen LogP contribution in [0.15, 0.2) is 36.9 Å². The van der Waals surface area contributed by atoms with E-state index < -0.39 is 12.7 Å². The fraction of sp³-hybridized carbons (Fsp3) is 0.316. The first-order valence-corrected chi connectivity index (χ1v) is 9.23. The highest BCUT2D eigenvalue weighted by molar-refractivity contribution is 6.34. The van der Waals surface area contributed by atoms with Gasteiger partial charge in [-0.1, -0.05) is 17.7 Å². The van der Waals surface area contributed by atoms with Crippen molar-refractivity contribution < 1.29 is 13.2 Å². The van der Waals surface area contributed by atoms with Crippen molar-refractivity contribution in [2.24, 2.45) is 0 Å². The predicted octanol–water partition coefficient (Wildman–Crippen LogP) is 4.74. The lowest BCUT2D eigenvalue weighted by Gasteiger charge is -2.19. The summed E-state index contributed by atoms with van der Waals surface area (Å²) < 4.78 is 42.5. The molecular weight excluding hydrogens is 405 g/mol. The summed E-state index contributed by atoms with van der Waals surface area (Å²) in [4.78, 5) is 10.1. The molecular formula is C19H18ClF3N6. The van der Waals surface area contributed by atoms with Crippen LogP contribution in [0.3, 0.4) is 0 Å². The number of hydrogen-bond donors (Lipinski definition) is 0. The van der Waals surface area contributed by atoms with E-state index in [0.717, 1.165) is 15.7 Å². The Bertz CT molecular complexity index is 1190. The monoisotopic (exact) mass is 422 g/mol. The Balaban J connectivity index is 1.89. The minimum Gasteiger partial charge on any atom is -0.327 e. The number of benzene rings is 1. The predicted molar refractivity (Wildman–Crippen MR) is 106 cm³/mol. The van der Waals surface area contributed by atoms with Crippen LogP contribution in [0.2, 0.25) is 5.15 Å². The molecule has 0 N–H and O–H groups in total. The largest absolute Gasteiger partial charge is 0.406 e. The first kappa shape index (κ1) is 19.7. The van der Waals surface area contributed by atoms with Gasteiger partial charge >= 0.3 is 6.18 Å². The van der Waals surface area contributed by atoms with Crippen LogP contribution >= 0.6 is 11.6 Å². The molecule has 0 spiro atoms. The van der Waals surface area contributed by atoms with Gasteiger partial charge in [-0.25, -0.2) is 9.97 Å². The molecule has 0 radical (unpaired) electrons. The van der Waals surface area contributed by atoms with E-state index in [2.05, 4.69) is 15.1 Å². The second-order valence-corrected chi connectivity index (χ2v) is 7.46. The molecule has 152 valence electrons. The van der Waals surface area contributed by atoms with Gasteiger partial charge in [0.15, 0.2) is 5.15 Å². The average molecular weight is 423 g/mol. The third kappa shape index (κ3) is 3.56. The van der Waals surface area contributed by atoms with E-state index in [-0.39, 0.29) is 16.8 Å². The number of alkyl halides is 3. The molecule has 1 unspecified atom stereocenters. The minimum absolute atomic E-state index is 0.00960. The summed E-state index contributed by atoms with van der Waals surface area (Å²) in [6.45, 7) is 0.849. The zero-order valence-electron chi connectivity index (χ0n) is 15.9. The van der Waals surface area contributed by atoms with E-state index in [4.69, 9.17) is 11.6 Å². The van der Waals surface area contributed by atoms with E-state index in [9.17, 15) is 13.2 Å². The molecule has 4 rings (SSSR count). The van der Waals surface area contributed by atoms with Gasteiger partial charge in [0, 0.05) is 17.1 Å². The highest BCUT2D eigenvalue weighted by Gasteiger charge is 2.31. The Kier molecular flexibility index (Phi) is 4.74. The van der Waals surface area contributed by atoms with Crippen LogP contribution in [-0.2, 0) is 6.54 Å². The molecule has 0 aliphatic heterocycles. The Labute approximate surface area is 169 Å². The molecule has 3 aromatic heterocycles. The topological polar surface area (TPSA) is 51.8 Å². The lowest BCUT2D eigenvalue weighted by Crippen LogP contribution is -2.23. The van der Waals surface area contributed by atoms with Gasteiger partial charge in [-0.2, -0.15) is 18.3 Å². The summed E-state index contributed by atoms with van der Waals surface area (Å²) >= 11 is 6.13. The average Bonchev–Trinajstić information content (AvgIpc) is 3.24. The molecule has 0 amide bonds. The highest BCUT2D eigenvalue weighted by Crippen LogP contribution is 2.35. The lowest BCUT2D eigenvalue weighted by molar-refractivity contribution is -0.139. The summed E-state index contributed by atoms with van der Waals surface area (Å²) in [5, 5.41) is 4.97. The van der Waals surface area contributed by atoms with E-state index in [1.807, 2.05) is 42.9 Å². The molecule has 4 aromatic rings. The summed E-state index contributed by atoms with van der Waals surface area (Å²) in [7, 11) is 3.91. The van der Waals surface area contributed by atoms with Crippen molar-refractivity contribution in [2.45, 2.75) is 25.8 Å². The summed E-state index contributed by atoms with van der Waals surface area (Å²) in [5.74, 6) is 0. The van der Waals surface area contributed by atoms with Gasteiger partial charge in [0.1, 0.15) is 30.1 Å². The van der Waals surface area contributed by atoms with Crippen LogP contribution in [0.25, 0.3) is 33.1 Å². The maximum atomic E-state index is 13.2. The molecule has 0 aliphatic rings. The Morgan fingerprint density at radius 1 is 1.17 bits per heavy atom. The molecule has 0 saturated heterocycles. The van der Waals surface area contributed by atoms with Crippen LogP contribution in [0.5, 0.6) is 0 Å². The summed E-state index contributed by atoms with van der Waals surface area (Å²) in [6, 6.07) is 5.24. The second kappa shape index (κ2) is 7.00. The number of rotatable bonds is 4. The number of nitrogens with zero attached hydrogens (tertiary/aromatic N) is 6. The van der Waals surface area contributed by atoms with Crippen molar-refractivity contribution in [3.05, 3.63) is 42.1 Å². The fourth-order valence-electron chi connectivity index (χ4n) is 3.33. The second-order valence-electron chi connectivity index (χ2n) is 7.10. The van der Waals surface area contributed by atoms with Gasteiger partial charge in [-0.15, -0.1) is 0 Å². The summed E-state index contributed by atoms with van der Waals surface area (Å²) in [6.07, 6.45) is 0.555. The molecule has 0 aliphatic carbocycles. The van der Waals surface area contributed by atoms with Crippen molar-refractivity contribution in [1.82, 2.24) is 29.2 Å². The third-order valence-corrected chi connectivity index (χ3v) is 5.27. The standard InChI is InChI=1S/C19H18ClF3N6/c1-11(27(2)3)29-8-13(7-26-29)12-4-5-15-14(6-12)16-17(18(20)25-10-24-16)28(15)9-19(21,22)23/h4-8,10-11H,9H2,1-3H3. The lowest BCUT2D eigenvalue weighted by atomic mass is 10.1. The summed E-state index contributed by atoms with van der Waals surface area (Å²) in [5.41, 5.74) is 2.65. The SMILES string of the molecule is CC(N(C)C)n1cc(-c2ccc3c(c2)c2ncnc(Cl)c2n3CC(F)(F)F)cn1. The molecule has 10 heteroatoms. The zero-order valence-corrected chi connectivity index (χ0v) is 16.7. The molecule has 0 bridgehead atoms. The fourth-order valence-corrected chi connectivity index (χ4v) is 3.56. The van der Waals surface area contributed by atoms with Crippen molar-refractivity contribution in [3.8, 4) is 11.1 Å². The molecule has 1 aromatic carbocycles. The van der Waals surface area contributed by atoms with Crippen LogP contribution in [0, 0.1) is 0 Å². The van der Waals surface area contributed by atoms with Gasteiger partial charge < -0.3 is 4.57 Å². The highest BCUT2D eigenvalue weighted by atomic mass is 35.5. The van der Waals surface area contributed by atoms with Crippen molar-refractivity contribution in [3.63, 3.8) is 0 Å². The van der Waals surface area contributed by atoms with E-state index in [1.165, 1.54) is 6.33 Å². The smallest absolute Gasteiger partial charge is 0.327 e. The van der Waals surface area contributed by atoms with Crippen LogP contribution in [-0.4, -0.2) is 49.5 Å². The zero-order chi connectivity index (χ0) is 20.9. The van der Waals surface area contributed by atoms with Crippen LogP contribution < -0.4 is 0 Å². The quantitative estimate of drug-likeness (QED) is 0.446. The van der Waals surface area contributed by atoms with E-state index in [1.54, 1.807) is 18.3 Å². The first-order chi connectivity index (χ1) is 13.7. The maximum Gasteiger partial charge on any atom is 0.406 e. The molecule has 1 atom stereocenters. The number of hydrogen-bond acceptors (Lipinski definition) is 4. The van der Waals surface area contributed by atoms with Gasteiger partial charge in [0.05, 0.1) is 11.7 Å². The minimum atomic E-state index is -4.40. The van der Waals surface area contributed by atoms with Crippen molar-refractivity contribution in [2.75, 3.05) is 14.1 Å². The molecule has 0 fully saturated rings. The number of fused-ring (bicyclic) bond motifs is 3. The normalized spacial score (nSPS) is 13.7. The van der Waals surface area contributed by atoms with Gasteiger partial charge in [-0.05, 0) is 38.7 Å². The molecule has 29 heavy (non-hydrogen) atoms. The van der Waals surface area contributed by atoms with Gasteiger partial charge in [-0.3, -0.25) is 9.58 Å². The van der Waals surface area contributed by atoms with Crippen LogP contribution in [0.4, 0.5) is 13.2 Å². The maximum absolute atomic E-state index is 13.2. The Morgan fingerprint density at radius 3 is 2.62 bits per heavy atom. The molecule has 6 nitrogen and oxygen atoms in total. The number of halogens is 4. The van der Waals surface area contributed by atoms with Gasteiger partial charge in [0.25, 0.3) is 0 Å². The Hall–Kier alpha value is -2.65. The first-order valence-electron chi connectivity index (χ1n) is 8.86. The Morgan fingerprint density at radius 2 is 1.93 bits per heavy atom. The van der Waals surface area contributed by atoms with Crippen LogP contribution in [0.1, 0.15) is 13.1 Å². The number of aromatic nitrogens is 5. The molecule has 0 saturated carbocycles. The van der Waals surface area contributed by atoms with E-state index in [0.29, 0.717) is 16.4 Å². The van der Waals surface area contributed by atoms with Gasteiger partial charge in [0.2, 0.25) is 0 Å². The molecule has 3 heterocycles. The van der Waals surface area contributed by atoms with E-state index >= 15 is 0 Å². The third-order valence-electron chi connectivity index (χ3n) is 4.99. The van der Waals surface area contributed by atoms with Crippen molar-refractivity contribution >= 4 is 33.5 Å². The van der Waals surface area contributed by atoms with Crippen molar-refractivity contribution in [1.29, 1.82) is 0 Å².